The van der Waals surface area contributed by atoms with Crippen molar-refractivity contribution in [1.82, 2.24) is 15.0 Å². The smallest absolute Gasteiger partial charge is 0.265 e. The van der Waals surface area contributed by atoms with Gasteiger partial charge in [-0.1, -0.05) is 0 Å². The molecule has 0 bridgehead atoms. The highest BCUT2D eigenvalue weighted by Gasteiger charge is 2.04. The summed E-state index contributed by atoms with van der Waals surface area (Å²) in [6.07, 6.45) is 1.81. The zero-order valence-corrected chi connectivity index (χ0v) is 11.6. The number of nitrogens with zero attached hydrogens (tertiary/aromatic N) is 2. The van der Waals surface area contributed by atoms with E-state index in [9.17, 15) is 4.79 Å². The second-order valence-electron chi connectivity index (χ2n) is 4.46. The van der Waals surface area contributed by atoms with Gasteiger partial charge in [-0.15, -0.1) is 0 Å². The van der Waals surface area contributed by atoms with Crippen LogP contribution < -0.4 is 16.0 Å². The van der Waals surface area contributed by atoms with Crippen molar-refractivity contribution in [3.63, 3.8) is 0 Å². The molecular formula is C14H18N4O2. The highest BCUT2D eigenvalue weighted by Crippen LogP contribution is 2.12. The number of aryl methyl sites for hydroxylation is 1. The summed E-state index contributed by atoms with van der Waals surface area (Å²) in [6.45, 7) is 5.28. The van der Waals surface area contributed by atoms with E-state index in [4.69, 9.17) is 10.6 Å². The van der Waals surface area contributed by atoms with Crippen LogP contribution >= 0.6 is 0 Å². The molecule has 6 heteroatoms. The van der Waals surface area contributed by atoms with E-state index in [-0.39, 0.29) is 5.91 Å². The molecule has 0 saturated carbocycles. The first-order chi connectivity index (χ1) is 9.61. The number of hydrazine groups is 1. The Labute approximate surface area is 117 Å². The van der Waals surface area contributed by atoms with Crippen LogP contribution in [0.15, 0.2) is 30.6 Å². The first-order valence-electron chi connectivity index (χ1n) is 6.34. The Morgan fingerprint density at radius 3 is 2.60 bits per heavy atom. The molecule has 0 fully saturated rings. The number of hydrogen-bond acceptors (Lipinski definition) is 4. The molecular weight excluding hydrogens is 256 g/mol. The molecule has 0 aliphatic heterocycles. The molecule has 0 radical (unpaired) electrons. The van der Waals surface area contributed by atoms with E-state index in [1.165, 1.54) is 0 Å². The molecule has 0 aliphatic carbocycles. The highest BCUT2D eigenvalue weighted by atomic mass is 16.5. The molecule has 6 nitrogen and oxygen atoms in total. The second kappa shape index (κ2) is 6.21. The van der Waals surface area contributed by atoms with Crippen LogP contribution in [0.5, 0.6) is 5.75 Å². The molecule has 2 aromatic rings. The molecule has 0 unspecified atom stereocenters. The van der Waals surface area contributed by atoms with Gasteiger partial charge in [0.2, 0.25) is 0 Å². The Morgan fingerprint density at radius 2 is 2.05 bits per heavy atom. The third-order valence-electron chi connectivity index (χ3n) is 3.19. The maximum absolute atomic E-state index is 11.3. The minimum Gasteiger partial charge on any atom is -0.492 e. The summed E-state index contributed by atoms with van der Waals surface area (Å²) in [5.41, 5.74) is 4.76. The van der Waals surface area contributed by atoms with Gasteiger partial charge in [-0.3, -0.25) is 10.2 Å². The summed E-state index contributed by atoms with van der Waals surface area (Å²) >= 11 is 0. The molecule has 106 valence electrons. The fraction of sp³-hybridized carbons (Fsp3) is 0.286. The maximum Gasteiger partial charge on any atom is 0.265 e. The van der Waals surface area contributed by atoms with E-state index in [1.807, 2.05) is 24.7 Å². The van der Waals surface area contributed by atoms with Crippen molar-refractivity contribution in [2.45, 2.75) is 20.4 Å². The molecule has 0 spiro atoms. The molecule has 1 heterocycles. The quantitative estimate of drug-likeness (QED) is 0.487. The van der Waals surface area contributed by atoms with E-state index in [0.29, 0.717) is 17.9 Å². The monoisotopic (exact) mass is 274 g/mol. The predicted molar refractivity (Wildman–Crippen MR) is 75.3 cm³/mol. The molecule has 0 saturated heterocycles. The minimum absolute atomic E-state index is 0.318. The fourth-order valence-corrected chi connectivity index (χ4v) is 1.82. The number of ether oxygens (including phenoxy) is 1. The lowest BCUT2D eigenvalue weighted by Crippen LogP contribution is -2.29. The number of benzene rings is 1. The van der Waals surface area contributed by atoms with E-state index in [2.05, 4.69) is 10.4 Å². The Bertz CT molecular complexity index is 590. The Hall–Kier alpha value is -2.34. The molecule has 0 atom stereocenters. The van der Waals surface area contributed by atoms with Gasteiger partial charge in [0, 0.05) is 11.3 Å². The highest BCUT2D eigenvalue weighted by molar-refractivity contribution is 5.93. The van der Waals surface area contributed by atoms with Crippen LogP contribution in [0.1, 0.15) is 21.7 Å². The van der Waals surface area contributed by atoms with Crippen molar-refractivity contribution in [2.24, 2.45) is 5.84 Å². The number of hydrogen-bond donors (Lipinski definition) is 2. The van der Waals surface area contributed by atoms with Crippen molar-refractivity contribution in [3.05, 3.63) is 47.5 Å². The largest absolute Gasteiger partial charge is 0.492 e. The Morgan fingerprint density at radius 1 is 1.35 bits per heavy atom. The van der Waals surface area contributed by atoms with Gasteiger partial charge in [0.05, 0.1) is 18.6 Å². The van der Waals surface area contributed by atoms with Crippen molar-refractivity contribution in [2.75, 3.05) is 6.61 Å². The van der Waals surface area contributed by atoms with Gasteiger partial charge in [0.25, 0.3) is 5.91 Å². The van der Waals surface area contributed by atoms with E-state index in [1.54, 1.807) is 24.3 Å². The molecule has 2 rings (SSSR count). The van der Waals surface area contributed by atoms with Crippen LogP contribution in [0.2, 0.25) is 0 Å². The third-order valence-corrected chi connectivity index (χ3v) is 3.19. The van der Waals surface area contributed by atoms with Crippen LogP contribution in [0.3, 0.4) is 0 Å². The Balaban J connectivity index is 1.88. The lowest BCUT2D eigenvalue weighted by Gasteiger charge is -2.09. The maximum atomic E-state index is 11.3. The average Bonchev–Trinajstić information content (AvgIpc) is 2.79. The average molecular weight is 274 g/mol. The number of rotatable bonds is 5. The summed E-state index contributed by atoms with van der Waals surface area (Å²) in [5.74, 6) is 5.46. The SMILES string of the molecule is Cc1ncn(CCOc2ccc(C(=O)NN)cc2)c1C. The lowest BCUT2D eigenvalue weighted by atomic mass is 10.2. The molecule has 3 N–H and O–H groups in total. The number of carbonyl (C=O) groups excluding carboxylic acids is 1. The van der Waals surface area contributed by atoms with Crippen molar-refractivity contribution >= 4 is 5.91 Å². The normalized spacial score (nSPS) is 10.3. The predicted octanol–water partition coefficient (Wildman–Crippen LogP) is 1.18. The van der Waals surface area contributed by atoms with Crippen LogP contribution in [-0.4, -0.2) is 22.1 Å². The van der Waals surface area contributed by atoms with Gasteiger partial charge in [-0.25, -0.2) is 10.8 Å². The van der Waals surface area contributed by atoms with Crippen LogP contribution in [0.4, 0.5) is 0 Å². The van der Waals surface area contributed by atoms with Gasteiger partial charge in [0.15, 0.2) is 0 Å². The van der Waals surface area contributed by atoms with Crippen molar-refractivity contribution in [1.29, 1.82) is 0 Å². The number of nitrogens with two attached hydrogens (primary N) is 1. The zero-order valence-electron chi connectivity index (χ0n) is 11.6. The fourth-order valence-electron chi connectivity index (χ4n) is 1.82. The second-order valence-corrected chi connectivity index (χ2v) is 4.46. The Kier molecular flexibility index (Phi) is 4.37. The van der Waals surface area contributed by atoms with Crippen LogP contribution in [-0.2, 0) is 6.54 Å². The lowest BCUT2D eigenvalue weighted by molar-refractivity contribution is 0.0953. The van der Waals surface area contributed by atoms with E-state index >= 15 is 0 Å². The number of nitrogens with one attached hydrogen (secondary N) is 1. The van der Waals surface area contributed by atoms with E-state index in [0.717, 1.165) is 17.9 Å². The first kappa shape index (κ1) is 14.1. The molecule has 0 aliphatic rings. The summed E-state index contributed by atoms with van der Waals surface area (Å²) in [4.78, 5) is 15.5. The minimum atomic E-state index is -0.318. The first-order valence-corrected chi connectivity index (χ1v) is 6.34. The van der Waals surface area contributed by atoms with Crippen LogP contribution in [0, 0.1) is 13.8 Å². The number of nitrogen functional groups attached to an aromatic ring is 1. The molecule has 1 aromatic heterocycles. The summed E-state index contributed by atoms with van der Waals surface area (Å²) in [7, 11) is 0. The van der Waals surface area contributed by atoms with Gasteiger partial charge in [-0.05, 0) is 38.1 Å². The van der Waals surface area contributed by atoms with Gasteiger partial charge >= 0.3 is 0 Å². The van der Waals surface area contributed by atoms with Crippen LogP contribution in [0.25, 0.3) is 0 Å². The van der Waals surface area contributed by atoms with Crippen molar-refractivity contribution in [3.8, 4) is 5.75 Å². The van der Waals surface area contributed by atoms with Gasteiger partial charge in [-0.2, -0.15) is 0 Å². The third kappa shape index (κ3) is 3.16. The number of aromatic nitrogens is 2. The van der Waals surface area contributed by atoms with E-state index < -0.39 is 0 Å². The topological polar surface area (TPSA) is 82.2 Å². The standard InChI is InChI=1S/C14H18N4O2/c1-10-11(2)18(9-16-10)7-8-20-13-5-3-12(4-6-13)14(19)17-15/h3-6,9H,7-8,15H2,1-2H3,(H,17,19). The number of amides is 1. The van der Waals surface area contributed by atoms with Gasteiger partial charge < -0.3 is 9.30 Å². The van der Waals surface area contributed by atoms with Crippen molar-refractivity contribution < 1.29 is 9.53 Å². The number of carbonyl (C=O) groups is 1. The summed E-state index contributed by atoms with van der Waals surface area (Å²) < 4.78 is 7.68. The summed E-state index contributed by atoms with van der Waals surface area (Å²) in [6, 6.07) is 6.83. The molecule has 1 amide bonds. The van der Waals surface area contributed by atoms with Gasteiger partial charge in [0.1, 0.15) is 12.4 Å². The molecule has 20 heavy (non-hydrogen) atoms. The molecule has 1 aromatic carbocycles. The number of imidazole rings is 1. The summed E-state index contributed by atoms with van der Waals surface area (Å²) in [5, 5.41) is 0. The zero-order chi connectivity index (χ0) is 14.5.